The van der Waals surface area contributed by atoms with Gasteiger partial charge in [0.25, 0.3) is 0 Å². The molecule has 16 heavy (non-hydrogen) atoms. The highest BCUT2D eigenvalue weighted by atomic mass is 32.2. The van der Waals surface area contributed by atoms with Gasteiger partial charge in [0.1, 0.15) is 0 Å². The van der Waals surface area contributed by atoms with Gasteiger partial charge in [0.05, 0.1) is 16.6 Å². The molecular weight excluding hydrogens is 214 g/mol. The Labute approximate surface area is 101 Å². The number of thioether (sulfide) groups is 1. The summed E-state index contributed by atoms with van der Waals surface area (Å²) >= 11 is 1.81. The molecule has 1 unspecified atom stereocenters. The molecule has 1 aliphatic carbocycles. The molecule has 2 heteroatoms. The highest BCUT2D eigenvalue weighted by Gasteiger charge is 2.31. The first-order chi connectivity index (χ1) is 7.77. The van der Waals surface area contributed by atoms with Gasteiger partial charge in [-0.1, -0.05) is 24.6 Å². The van der Waals surface area contributed by atoms with Crippen LogP contribution in [0.4, 0.5) is 0 Å². The fourth-order valence-electron chi connectivity index (χ4n) is 1.87. The fourth-order valence-corrected chi connectivity index (χ4v) is 2.57. The molecule has 80 valence electrons. The zero-order valence-electron chi connectivity index (χ0n) is 9.29. The number of hydrogen-bond donors (Lipinski definition) is 0. The van der Waals surface area contributed by atoms with Crippen molar-refractivity contribution in [1.82, 2.24) is 4.90 Å². The first kappa shape index (κ1) is 11.0. The monoisotopic (exact) mass is 227 g/mol. The predicted molar refractivity (Wildman–Crippen MR) is 69.8 cm³/mol. The van der Waals surface area contributed by atoms with Gasteiger partial charge in [-0.25, -0.2) is 0 Å². The summed E-state index contributed by atoms with van der Waals surface area (Å²) in [7, 11) is 0. The van der Waals surface area contributed by atoms with Crippen molar-refractivity contribution in [3.8, 4) is 0 Å². The molecular formula is C14H13NS. The van der Waals surface area contributed by atoms with E-state index >= 15 is 0 Å². The van der Waals surface area contributed by atoms with Crippen LogP contribution in [0.3, 0.4) is 0 Å². The second-order valence-electron chi connectivity index (χ2n) is 3.57. The molecule has 0 radical (unpaired) electrons. The van der Waals surface area contributed by atoms with E-state index < -0.39 is 0 Å². The Morgan fingerprint density at radius 3 is 2.94 bits per heavy atom. The van der Waals surface area contributed by atoms with Crippen molar-refractivity contribution in [2.45, 2.75) is 11.7 Å². The molecule has 0 N–H and O–H groups in total. The average Bonchev–Trinajstić information content (AvgIpc) is 2.66. The number of likely N-dealkylation sites (tertiary alicyclic amines) is 1. The lowest BCUT2D eigenvalue weighted by Gasteiger charge is -2.21. The van der Waals surface area contributed by atoms with Crippen LogP contribution in [0.1, 0.15) is 6.42 Å². The van der Waals surface area contributed by atoms with Crippen molar-refractivity contribution in [2.75, 3.05) is 6.26 Å². The van der Waals surface area contributed by atoms with Crippen molar-refractivity contribution in [1.29, 1.82) is 0 Å². The van der Waals surface area contributed by atoms with E-state index in [1.54, 1.807) is 0 Å². The summed E-state index contributed by atoms with van der Waals surface area (Å²) < 4.78 is 0. The van der Waals surface area contributed by atoms with E-state index in [0.717, 1.165) is 23.5 Å². The SMILES string of the molecule is C=C=C1CC(SC)C(=C)N1C1=CC=C=C=C1. The first-order valence-electron chi connectivity index (χ1n) is 5.06. The molecule has 2 rings (SSSR count). The Hall–Kier alpha value is -1.55. The molecule has 1 aliphatic heterocycles. The molecule has 2 aliphatic rings. The van der Waals surface area contributed by atoms with E-state index in [0.29, 0.717) is 5.25 Å². The normalized spacial score (nSPS) is 22.7. The zero-order chi connectivity index (χ0) is 11.5. The average molecular weight is 227 g/mol. The second kappa shape index (κ2) is 4.53. The molecule has 1 heterocycles. The summed E-state index contributed by atoms with van der Waals surface area (Å²) in [6.45, 7) is 7.90. The molecule has 1 saturated heterocycles. The quantitative estimate of drug-likeness (QED) is 0.665. The van der Waals surface area contributed by atoms with Gasteiger partial charge in [-0.15, -0.1) is 5.73 Å². The van der Waals surface area contributed by atoms with Crippen LogP contribution in [0.5, 0.6) is 0 Å². The van der Waals surface area contributed by atoms with Crippen molar-refractivity contribution in [2.24, 2.45) is 0 Å². The van der Waals surface area contributed by atoms with Crippen molar-refractivity contribution < 1.29 is 0 Å². The summed E-state index contributed by atoms with van der Waals surface area (Å²) in [6.07, 6.45) is 8.82. The van der Waals surface area contributed by atoms with Crippen LogP contribution in [0.2, 0.25) is 0 Å². The van der Waals surface area contributed by atoms with Crippen LogP contribution in [0.15, 0.2) is 65.7 Å². The Kier molecular flexibility index (Phi) is 3.10. The molecule has 0 bridgehead atoms. The molecule has 0 saturated carbocycles. The molecule has 1 nitrogen and oxygen atoms in total. The lowest BCUT2D eigenvalue weighted by molar-refractivity contribution is 0.588. The van der Waals surface area contributed by atoms with Gasteiger partial charge in [0, 0.05) is 18.2 Å². The maximum absolute atomic E-state index is 4.15. The van der Waals surface area contributed by atoms with Gasteiger partial charge in [0.2, 0.25) is 0 Å². The molecule has 0 aromatic heterocycles. The van der Waals surface area contributed by atoms with Gasteiger partial charge in [-0.2, -0.15) is 11.8 Å². The number of rotatable bonds is 2. The lowest BCUT2D eigenvalue weighted by Crippen LogP contribution is -2.15. The fraction of sp³-hybridized carbons (Fsp3) is 0.214. The molecule has 1 fully saturated rings. The van der Waals surface area contributed by atoms with Gasteiger partial charge in [0.15, 0.2) is 0 Å². The summed E-state index contributed by atoms with van der Waals surface area (Å²) in [5, 5.41) is 0.424. The van der Waals surface area contributed by atoms with Crippen LogP contribution in [-0.2, 0) is 0 Å². The Balaban J connectivity index is 2.37. The number of nitrogens with zero attached hydrogens (tertiary/aromatic N) is 1. The summed E-state index contributed by atoms with van der Waals surface area (Å²) in [5.74, 6) is 0. The lowest BCUT2D eigenvalue weighted by atomic mass is 10.2. The van der Waals surface area contributed by atoms with E-state index in [2.05, 4.69) is 41.5 Å². The van der Waals surface area contributed by atoms with Gasteiger partial charge in [-0.05, 0) is 18.4 Å². The third-order valence-electron chi connectivity index (χ3n) is 2.70. The minimum atomic E-state index is 0.424. The van der Waals surface area contributed by atoms with E-state index in [4.69, 9.17) is 0 Å². The standard InChI is InChI=1S/C14H13NS/c1-4-12-10-14(16-3)11(2)15(12)13-8-6-5-7-9-13/h6,8-9,14H,1-2,10H2,3H3. The highest BCUT2D eigenvalue weighted by molar-refractivity contribution is 7.99. The molecule has 0 aromatic carbocycles. The van der Waals surface area contributed by atoms with Gasteiger partial charge < -0.3 is 4.90 Å². The largest absolute Gasteiger partial charge is 0.310 e. The molecule has 0 amide bonds. The topological polar surface area (TPSA) is 3.24 Å². The number of allylic oxidation sites excluding steroid dienone is 4. The molecule has 1 atom stereocenters. The number of hydrogen-bond acceptors (Lipinski definition) is 2. The minimum absolute atomic E-state index is 0.424. The van der Waals surface area contributed by atoms with Crippen molar-refractivity contribution >= 4 is 11.8 Å². The van der Waals surface area contributed by atoms with E-state index in [1.165, 1.54) is 0 Å². The Morgan fingerprint density at radius 2 is 2.38 bits per heavy atom. The maximum Gasteiger partial charge on any atom is 0.0662 e. The van der Waals surface area contributed by atoms with Gasteiger partial charge >= 0.3 is 0 Å². The summed E-state index contributed by atoms with van der Waals surface area (Å²) in [6, 6.07) is 0. The summed E-state index contributed by atoms with van der Waals surface area (Å²) in [5.41, 5.74) is 12.1. The summed E-state index contributed by atoms with van der Waals surface area (Å²) in [4.78, 5) is 2.11. The van der Waals surface area contributed by atoms with E-state index in [9.17, 15) is 0 Å². The van der Waals surface area contributed by atoms with Crippen LogP contribution in [-0.4, -0.2) is 16.4 Å². The van der Waals surface area contributed by atoms with Crippen molar-refractivity contribution in [3.05, 3.63) is 65.7 Å². The second-order valence-corrected chi connectivity index (χ2v) is 4.61. The highest BCUT2D eigenvalue weighted by Crippen LogP contribution is 2.39. The smallest absolute Gasteiger partial charge is 0.0662 e. The van der Waals surface area contributed by atoms with Crippen LogP contribution < -0.4 is 0 Å². The van der Waals surface area contributed by atoms with Crippen molar-refractivity contribution in [3.63, 3.8) is 0 Å². The van der Waals surface area contributed by atoms with Crippen LogP contribution >= 0.6 is 11.8 Å². The third-order valence-corrected chi connectivity index (χ3v) is 3.70. The van der Waals surface area contributed by atoms with E-state index in [-0.39, 0.29) is 0 Å². The minimum Gasteiger partial charge on any atom is -0.310 e. The van der Waals surface area contributed by atoms with Gasteiger partial charge in [-0.3, -0.25) is 0 Å². The maximum atomic E-state index is 4.15. The zero-order valence-corrected chi connectivity index (χ0v) is 10.1. The third kappa shape index (κ3) is 1.76. The Morgan fingerprint density at radius 1 is 1.56 bits per heavy atom. The molecule has 0 aromatic rings. The predicted octanol–water partition coefficient (Wildman–Crippen LogP) is 3.37. The molecule has 0 spiro atoms. The Bertz CT molecular complexity index is 505. The van der Waals surface area contributed by atoms with Crippen LogP contribution in [0.25, 0.3) is 0 Å². The first-order valence-corrected chi connectivity index (χ1v) is 6.35. The van der Waals surface area contributed by atoms with Crippen LogP contribution in [0, 0.1) is 0 Å². The van der Waals surface area contributed by atoms with E-state index in [1.807, 2.05) is 30.0 Å².